The fourth-order valence-electron chi connectivity index (χ4n) is 0.870. The van der Waals surface area contributed by atoms with Crippen molar-refractivity contribution in [3.63, 3.8) is 0 Å². The van der Waals surface area contributed by atoms with Gasteiger partial charge in [-0.2, -0.15) is 0 Å². The molecule has 76 valence electrons. The number of aromatic nitrogens is 1. The van der Waals surface area contributed by atoms with E-state index < -0.39 is 0 Å². The molecule has 0 aliphatic heterocycles. The van der Waals surface area contributed by atoms with Gasteiger partial charge in [-0.05, 0) is 35.8 Å². The van der Waals surface area contributed by atoms with Gasteiger partial charge in [-0.15, -0.1) is 0 Å². The second-order valence-electron chi connectivity index (χ2n) is 3.08. The normalized spacial score (nSPS) is 10.9. The molecule has 1 rings (SSSR count). The van der Waals surface area contributed by atoms with E-state index in [0.717, 1.165) is 22.4 Å². The number of nitrogens with zero attached hydrogens (tertiary/aromatic N) is 3. The second kappa shape index (κ2) is 5.10. The molecular formula is C10H14BrN3. The van der Waals surface area contributed by atoms with Crippen molar-refractivity contribution in [2.75, 3.05) is 13.6 Å². The van der Waals surface area contributed by atoms with E-state index in [2.05, 4.69) is 32.8 Å². The maximum absolute atomic E-state index is 4.35. The maximum Gasteiger partial charge on any atom is 0.0910 e. The summed E-state index contributed by atoms with van der Waals surface area (Å²) in [5.41, 5.74) is 1.84. The van der Waals surface area contributed by atoms with Gasteiger partial charge < -0.3 is 4.90 Å². The van der Waals surface area contributed by atoms with E-state index in [9.17, 15) is 0 Å². The summed E-state index contributed by atoms with van der Waals surface area (Å²) >= 11 is 3.37. The lowest BCUT2D eigenvalue weighted by Gasteiger charge is -2.08. The van der Waals surface area contributed by atoms with Crippen LogP contribution in [0, 0.1) is 6.92 Å². The van der Waals surface area contributed by atoms with Crippen molar-refractivity contribution in [2.24, 2.45) is 4.99 Å². The lowest BCUT2D eigenvalue weighted by Crippen LogP contribution is -2.14. The molecule has 14 heavy (non-hydrogen) atoms. The molecule has 0 radical (unpaired) electrons. The SMILES string of the molecule is CCN(C)C=Nc1cc(Br)cnc1C. The Balaban J connectivity index is 2.85. The van der Waals surface area contributed by atoms with Gasteiger partial charge in [0, 0.05) is 24.3 Å². The average molecular weight is 256 g/mol. The van der Waals surface area contributed by atoms with Gasteiger partial charge >= 0.3 is 0 Å². The van der Waals surface area contributed by atoms with Crippen LogP contribution in [0.2, 0.25) is 0 Å². The molecule has 0 amide bonds. The summed E-state index contributed by atoms with van der Waals surface area (Å²) < 4.78 is 0.953. The number of hydrogen-bond donors (Lipinski definition) is 0. The molecule has 0 spiro atoms. The van der Waals surface area contributed by atoms with Crippen LogP contribution in [0.15, 0.2) is 21.7 Å². The summed E-state index contributed by atoms with van der Waals surface area (Å²) in [4.78, 5) is 10.6. The lowest BCUT2D eigenvalue weighted by molar-refractivity contribution is 0.552. The Kier molecular flexibility index (Phi) is 4.07. The molecule has 0 bridgehead atoms. The predicted molar refractivity (Wildman–Crippen MR) is 63.1 cm³/mol. The van der Waals surface area contributed by atoms with Gasteiger partial charge in [-0.3, -0.25) is 4.98 Å². The molecule has 0 aliphatic rings. The zero-order valence-electron chi connectivity index (χ0n) is 8.66. The first-order valence-electron chi connectivity index (χ1n) is 4.50. The quantitative estimate of drug-likeness (QED) is 0.614. The summed E-state index contributed by atoms with van der Waals surface area (Å²) in [7, 11) is 1.99. The third-order valence-electron chi connectivity index (χ3n) is 1.92. The minimum absolute atomic E-state index is 0.902. The molecule has 0 aliphatic carbocycles. The van der Waals surface area contributed by atoms with Crippen LogP contribution in [0.4, 0.5) is 5.69 Å². The highest BCUT2D eigenvalue weighted by Crippen LogP contribution is 2.20. The van der Waals surface area contributed by atoms with E-state index >= 15 is 0 Å². The molecule has 0 N–H and O–H groups in total. The fourth-order valence-corrected chi connectivity index (χ4v) is 1.19. The van der Waals surface area contributed by atoms with Crippen molar-refractivity contribution in [1.29, 1.82) is 0 Å². The zero-order chi connectivity index (χ0) is 10.6. The van der Waals surface area contributed by atoms with Gasteiger partial charge in [-0.1, -0.05) is 0 Å². The first-order valence-corrected chi connectivity index (χ1v) is 5.29. The molecule has 0 atom stereocenters. The number of halogens is 1. The number of rotatable bonds is 3. The lowest BCUT2D eigenvalue weighted by atomic mass is 10.3. The Morgan fingerprint density at radius 1 is 1.64 bits per heavy atom. The van der Waals surface area contributed by atoms with Crippen LogP contribution < -0.4 is 0 Å². The van der Waals surface area contributed by atoms with E-state index in [1.54, 1.807) is 6.20 Å². The Morgan fingerprint density at radius 2 is 2.36 bits per heavy atom. The molecule has 0 saturated carbocycles. The van der Waals surface area contributed by atoms with Crippen molar-refractivity contribution in [1.82, 2.24) is 9.88 Å². The molecule has 1 aromatic heterocycles. The third-order valence-corrected chi connectivity index (χ3v) is 2.35. The number of aryl methyl sites for hydroxylation is 1. The van der Waals surface area contributed by atoms with Gasteiger partial charge in [-0.25, -0.2) is 4.99 Å². The second-order valence-corrected chi connectivity index (χ2v) is 3.99. The zero-order valence-corrected chi connectivity index (χ0v) is 10.2. The standard InChI is InChI=1S/C10H14BrN3/c1-4-14(3)7-13-10-5-9(11)6-12-8(10)2/h5-7H,4H2,1-3H3. The molecule has 0 fully saturated rings. The Hall–Kier alpha value is -0.900. The van der Waals surface area contributed by atoms with Crippen LogP contribution in [0.25, 0.3) is 0 Å². The summed E-state index contributed by atoms with van der Waals surface area (Å²) in [6.07, 6.45) is 3.59. The molecule has 4 heteroatoms. The molecular weight excluding hydrogens is 242 g/mol. The van der Waals surface area contributed by atoms with Crippen LogP contribution in [0.1, 0.15) is 12.6 Å². The molecule has 1 heterocycles. The highest BCUT2D eigenvalue weighted by atomic mass is 79.9. The predicted octanol–water partition coefficient (Wildman–Crippen LogP) is 2.76. The van der Waals surface area contributed by atoms with E-state index in [1.807, 2.05) is 31.3 Å². The molecule has 0 saturated heterocycles. The molecule has 0 aromatic carbocycles. The van der Waals surface area contributed by atoms with E-state index in [4.69, 9.17) is 0 Å². The number of pyridine rings is 1. The van der Waals surface area contributed by atoms with Crippen molar-refractivity contribution < 1.29 is 0 Å². The van der Waals surface area contributed by atoms with Crippen LogP contribution in [0.3, 0.4) is 0 Å². The Morgan fingerprint density at radius 3 is 3.00 bits per heavy atom. The summed E-state index contributed by atoms with van der Waals surface area (Å²) in [5, 5.41) is 0. The fraction of sp³-hybridized carbons (Fsp3) is 0.400. The minimum atomic E-state index is 0.902. The van der Waals surface area contributed by atoms with Crippen molar-refractivity contribution >= 4 is 28.0 Å². The smallest absolute Gasteiger partial charge is 0.0910 e. The molecule has 1 aromatic rings. The van der Waals surface area contributed by atoms with Crippen LogP contribution in [-0.4, -0.2) is 29.8 Å². The van der Waals surface area contributed by atoms with Crippen LogP contribution >= 0.6 is 15.9 Å². The largest absolute Gasteiger partial charge is 0.366 e. The van der Waals surface area contributed by atoms with Gasteiger partial charge in [0.1, 0.15) is 0 Å². The first-order chi connectivity index (χ1) is 6.63. The summed E-state index contributed by atoms with van der Waals surface area (Å²) in [6.45, 7) is 4.98. The monoisotopic (exact) mass is 255 g/mol. The van der Waals surface area contributed by atoms with Crippen molar-refractivity contribution in [3.05, 3.63) is 22.4 Å². The molecule has 3 nitrogen and oxygen atoms in total. The van der Waals surface area contributed by atoms with Gasteiger partial charge in [0.05, 0.1) is 17.7 Å². The van der Waals surface area contributed by atoms with Gasteiger partial charge in [0.15, 0.2) is 0 Å². The highest BCUT2D eigenvalue weighted by molar-refractivity contribution is 9.10. The van der Waals surface area contributed by atoms with Gasteiger partial charge in [0.25, 0.3) is 0 Å². The molecule has 0 unspecified atom stereocenters. The summed E-state index contributed by atoms with van der Waals surface area (Å²) in [6, 6.07) is 1.96. The van der Waals surface area contributed by atoms with Crippen molar-refractivity contribution in [3.8, 4) is 0 Å². The number of hydrogen-bond acceptors (Lipinski definition) is 2. The van der Waals surface area contributed by atoms with Crippen molar-refractivity contribution in [2.45, 2.75) is 13.8 Å². The Bertz CT molecular complexity index is 336. The number of aliphatic imine (C=N–C) groups is 1. The van der Waals surface area contributed by atoms with E-state index in [0.29, 0.717) is 0 Å². The third kappa shape index (κ3) is 3.10. The van der Waals surface area contributed by atoms with Crippen LogP contribution in [-0.2, 0) is 0 Å². The van der Waals surface area contributed by atoms with Crippen LogP contribution in [0.5, 0.6) is 0 Å². The Labute approximate surface area is 93.0 Å². The topological polar surface area (TPSA) is 28.5 Å². The average Bonchev–Trinajstić information content (AvgIpc) is 2.19. The van der Waals surface area contributed by atoms with Gasteiger partial charge in [0.2, 0.25) is 0 Å². The summed E-state index contributed by atoms with van der Waals surface area (Å²) in [5.74, 6) is 0. The van der Waals surface area contributed by atoms with E-state index in [1.165, 1.54) is 0 Å². The maximum atomic E-state index is 4.35. The van der Waals surface area contributed by atoms with E-state index in [-0.39, 0.29) is 0 Å². The minimum Gasteiger partial charge on any atom is -0.366 e. The first kappa shape index (κ1) is 11.2. The highest BCUT2D eigenvalue weighted by Gasteiger charge is 1.97.